The van der Waals surface area contributed by atoms with Gasteiger partial charge >= 0.3 is 0 Å². The second-order valence-corrected chi connectivity index (χ2v) is 6.26. The van der Waals surface area contributed by atoms with Crippen molar-refractivity contribution in [2.24, 2.45) is 0 Å². The number of nitrogens with one attached hydrogen (secondary N) is 1. The summed E-state index contributed by atoms with van der Waals surface area (Å²) >= 11 is 0. The smallest absolute Gasteiger partial charge is 0.229 e. The van der Waals surface area contributed by atoms with Crippen molar-refractivity contribution in [2.75, 3.05) is 11.0 Å². The molecule has 0 saturated carbocycles. The van der Waals surface area contributed by atoms with Gasteiger partial charge in [-0.1, -0.05) is 18.2 Å². The minimum absolute atomic E-state index is 0.191. The molecular formula is C14H15NO3S. The monoisotopic (exact) mass is 277 g/mol. The summed E-state index contributed by atoms with van der Waals surface area (Å²) in [5, 5.41) is 9.60. The quantitative estimate of drug-likeness (QED) is 0.906. The van der Waals surface area contributed by atoms with Gasteiger partial charge in [0.05, 0.1) is 6.26 Å². The second kappa shape index (κ2) is 4.93. The van der Waals surface area contributed by atoms with E-state index in [1.807, 2.05) is 19.1 Å². The minimum Gasteiger partial charge on any atom is -0.508 e. The first kappa shape index (κ1) is 13.4. The van der Waals surface area contributed by atoms with Gasteiger partial charge < -0.3 is 5.11 Å². The van der Waals surface area contributed by atoms with Crippen LogP contribution in [0.3, 0.4) is 0 Å². The number of rotatable bonds is 3. The van der Waals surface area contributed by atoms with Gasteiger partial charge in [0.1, 0.15) is 5.75 Å². The van der Waals surface area contributed by atoms with E-state index < -0.39 is 10.0 Å². The normalized spacial score (nSPS) is 11.3. The van der Waals surface area contributed by atoms with Gasteiger partial charge in [-0.3, -0.25) is 4.72 Å². The maximum Gasteiger partial charge on any atom is 0.229 e. The molecule has 0 saturated heterocycles. The van der Waals surface area contributed by atoms with Gasteiger partial charge in [0, 0.05) is 5.69 Å². The zero-order chi connectivity index (χ0) is 14.0. The molecule has 0 unspecified atom stereocenters. The van der Waals surface area contributed by atoms with E-state index >= 15 is 0 Å². The molecule has 0 aliphatic heterocycles. The molecule has 2 aromatic carbocycles. The maximum absolute atomic E-state index is 11.2. The molecule has 0 amide bonds. The molecule has 0 aromatic heterocycles. The predicted molar refractivity (Wildman–Crippen MR) is 76.7 cm³/mol. The first-order valence-corrected chi connectivity index (χ1v) is 7.61. The first-order valence-electron chi connectivity index (χ1n) is 5.72. The summed E-state index contributed by atoms with van der Waals surface area (Å²) in [6, 6.07) is 12.3. The van der Waals surface area contributed by atoms with Gasteiger partial charge in [-0.05, 0) is 47.9 Å². The standard InChI is InChI=1S/C14H15NO3S/c1-10-6-12(9-14(16)7-10)11-4-3-5-13(8-11)15-19(2,17)18/h3-9,15-16H,1-2H3. The number of aromatic hydroxyl groups is 1. The minimum atomic E-state index is -3.29. The summed E-state index contributed by atoms with van der Waals surface area (Å²) in [5.41, 5.74) is 3.12. The Morgan fingerprint density at radius 2 is 1.79 bits per heavy atom. The largest absolute Gasteiger partial charge is 0.508 e. The van der Waals surface area contributed by atoms with Crippen molar-refractivity contribution in [1.29, 1.82) is 0 Å². The molecule has 100 valence electrons. The van der Waals surface area contributed by atoms with Crippen LogP contribution in [0.1, 0.15) is 5.56 Å². The molecule has 0 aliphatic rings. The third kappa shape index (κ3) is 3.72. The van der Waals surface area contributed by atoms with Gasteiger partial charge in [0.2, 0.25) is 10.0 Å². The third-order valence-electron chi connectivity index (χ3n) is 2.56. The van der Waals surface area contributed by atoms with Gasteiger partial charge in [-0.2, -0.15) is 0 Å². The predicted octanol–water partition coefficient (Wildman–Crippen LogP) is 2.74. The topological polar surface area (TPSA) is 66.4 Å². The van der Waals surface area contributed by atoms with E-state index in [1.54, 1.807) is 30.3 Å². The van der Waals surface area contributed by atoms with Crippen LogP contribution in [0.5, 0.6) is 5.75 Å². The molecule has 2 N–H and O–H groups in total. The van der Waals surface area contributed by atoms with E-state index in [2.05, 4.69) is 4.72 Å². The highest BCUT2D eigenvalue weighted by Crippen LogP contribution is 2.27. The Labute approximate surface area is 112 Å². The van der Waals surface area contributed by atoms with E-state index in [1.165, 1.54) is 0 Å². The van der Waals surface area contributed by atoms with Crippen LogP contribution in [0.15, 0.2) is 42.5 Å². The Kier molecular flexibility index (Phi) is 3.48. The van der Waals surface area contributed by atoms with Gasteiger partial charge in [0.15, 0.2) is 0 Å². The van der Waals surface area contributed by atoms with Gasteiger partial charge in [-0.15, -0.1) is 0 Å². The number of hydrogen-bond acceptors (Lipinski definition) is 3. The summed E-state index contributed by atoms with van der Waals surface area (Å²) < 4.78 is 24.8. The molecule has 5 heteroatoms. The highest BCUT2D eigenvalue weighted by atomic mass is 32.2. The summed E-state index contributed by atoms with van der Waals surface area (Å²) in [7, 11) is -3.29. The second-order valence-electron chi connectivity index (χ2n) is 4.51. The zero-order valence-corrected chi connectivity index (χ0v) is 11.5. The number of phenols is 1. The fraction of sp³-hybridized carbons (Fsp3) is 0.143. The van der Waals surface area contributed by atoms with E-state index in [0.717, 1.165) is 22.9 Å². The number of hydrogen-bond donors (Lipinski definition) is 2. The number of aryl methyl sites for hydroxylation is 1. The molecule has 0 fully saturated rings. The molecule has 0 radical (unpaired) electrons. The molecule has 0 heterocycles. The number of phenolic OH excluding ortho intramolecular Hbond substituents is 1. The number of benzene rings is 2. The molecule has 2 rings (SSSR count). The lowest BCUT2D eigenvalue weighted by atomic mass is 10.0. The molecule has 0 spiro atoms. The van der Waals surface area contributed by atoms with Crippen LogP contribution in [-0.4, -0.2) is 19.8 Å². The highest BCUT2D eigenvalue weighted by Gasteiger charge is 2.05. The van der Waals surface area contributed by atoms with Crippen LogP contribution in [0.25, 0.3) is 11.1 Å². The molecule has 0 bridgehead atoms. The van der Waals surface area contributed by atoms with Crippen LogP contribution in [0, 0.1) is 6.92 Å². The van der Waals surface area contributed by atoms with E-state index in [0.29, 0.717) is 5.69 Å². The Bertz CT molecular complexity index is 688. The van der Waals surface area contributed by atoms with Gasteiger partial charge in [-0.25, -0.2) is 8.42 Å². The van der Waals surface area contributed by atoms with Crippen LogP contribution >= 0.6 is 0 Å². The molecule has 0 atom stereocenters. The Morgan fingerprint density at radius 1 is 1.05 bits per heavy atom. The molecule has 2 aromatic rings. The maximum atomic E-state index is 11.2. The lowest BCUT2D eigenvalue weighted by Gasteiger charge is -2.08. The van der Waals surface area contributed by atoms with Crippen molar-refractivity contribution in [3.63, 3.8) is 0 Å². The Morgan fingerprint density at radius 3 is 2.42 bits per heavy atom. The fourth-order valence-corrected chi connectivity index (χ4v) is 2.46. The summed E-state index contributed by atoms with van der Waals surface area (Å²) in [4.78, 5) is 0. The Hall–Kier alpha value is -2.01. The molecule has 4 nitrogen and oxygen atoms in total. The van der Waals surface area contributed by atoms with E-state index in [4.69, 9.17) is 0 Å². The van der Waals surface area contributed by atoms with Crippen molar-refractivity contribution >= 4 is 15.7 Å². The van der Waals surface area contributed by atoms with Crippen molar-refractivity contribution in [3.05, 3.63) is 48.0 Å². The van der Waals surface area contributed by atoms with E-state index in [-0.39, 0.29) is 5.75 Å². The highest BCUT2D eigenvalue weighted by molar-refractivity contribution is 7.92. The van der Waals surface area contributed by atoms with Crippen molar-refractivity contribution in [3.8, 4) is 16.9 Å². The average molecular weight is 277 g/mol. The lowest BCUT2D eigenvalue weighted by molar-refractivity contribution is 0.475. The lowest BCUT2D eigenvalue weighted by Crippen LogP contribution is -2.09. The molecular weight excluding hydrogens is 262 g/mol. The third-order valence-corrected chi connectivity index (χ3v) is 3.17. The van der Waals surface area contributed by atoms with Gasteiger partial charge in [0.25, 0.3) is 0 Å². The van der Waals surface area contributed by atoms with Crippen molar-refractivity contribution < 1.29 is 13.5 Å². The number of sulfonamides is 1. The van der Waals surface area contributed by atoms with Crippen LogP contribution in [0.2, 0.25) is 0 Å². The first-order chi connectivity index (χ1) is 8.83. The fourth-order valence-electron chi connectivity index (χ4n) is 1.91. The SMILES string of the molecule is Cc1cc(O)cc(-c2cccc(NS(C)(=O)=O)c2)c1. The van der Waals surface area contributed by atoms with Crippen LogP contribution in [-0.2, 0) is 10.0 Å². The molecule has 19 heavy (non-hydrogen) atoms. The number of anilines is 1. The summed E-state index contributed by atoms with van der Waals surface area (Å²) in [5.74, 6) is 0.191. The summed E-state index contributed by atoms with van der Waals surface area (Å²) in [6.45, 7) is 1.89. The van der Waals surface area contributed by atoms with Crippen molar-refractivity contribution in [2.45, 2.75) is 6.92 Å². The van der Waals surface area contributed by atoms with E-state index in [9.17, 15) is 13.5 Å². The van der Waals surface area contributed by atoms with Crippen LogP contribution in [0.4, 0.5) is 5.69 Å². The van der Waals surface area contributed by atoms with Crippen molar-refractivity contribution in [1.82, 2.24) is 0 Å². The summed E-state index contributed by atoms with van der Waals surface area (Å²) in [6.07, 6.45) is 1.11. The zero-order valence-electron chi connectivity index (χ0n) is 10.7. The van der Waals surface area contributed by atoms with Crippen LogP contribution < -0.4 is 4.72 Å². The Balaban J connectivity index is 2.43. The average Bonchev–Trinajstić information content (AvgIpc) is 2.25. The molecule has 0 aliphatic carbocycles.